The molecule has 90 valence electrons. The number of thiophene rings is 1. The largest absolute Gasteiger partial charge is 0.367 e. The molecule has 1 atom stereocenters. The number of nitrogens with two attached hydrogens (primary N) is 1. The Balaban J connectivity index is 2.27. The van der Waals surface area contributed by atoms with Crippen LogP contribution in [0.1, 0.15) is 22.1 Å². The average molecular weight is 247 g/mol. The summed E-state index contributed by atoms with van der Waals surface area (Å²) in [5.74, 6) is 0. The maximum atomic E-state index is 5.86. The van der Waals surface area contributed by atoms with E-state index in [4.69, 9.17) is 10.5 Å². The topological polar surface area (TPSA) is 35.2 Å². The highest BCUT2D eigenvalue weighted by molar-refractivity contribution is 7.10. The summed E-state index contributed by atoms with van der Waals surface area (Å²) in [6.07, 6.45) is 0.0125. The smallest absolute Gasteiger partial charge is 0.117 e. The zero-order chi connectivity index (χ0) is 12.1. The Bertz CT molecular complexity index is 453. The molecule has 2 N–H and O–H groups in total. The summed E-state index contributed by atoms with van der Waals surface area (Å²) >= 11 is 1.72. The summed E-state index contributed by atoms with van der Waals surface area (Å²) in [5, 5.41) is 2.07. The second-order valence-corrected chi connectivity index (χ2v) is 4.95. The van der Waals surface area contributed by atoms with Gasteiger partial charge in [0.2, 0.25) is 0 Å². The molecule has 1 unspecified atom stereocenters. The molecule has 3 heteroatoms. The maximum absolute atomic E-state index is 5.86. The third-order valence-electron chi connectivity index (χ3n) is 2.55. The molecular formula is C14H17NOS. The summed E-state index contributed by atoms with van der Waals surface area (Å²) in [7, 11) is 0. The van der Waals surface area contributed by atoms with Gasteiger partial charge in [-0.05, 0) is 23.9 Å². The molecule has 0 aliphatic carbocycles. The third-order valence-corrected chi connectivity index (χ3v) is 3.46. The van der Waals surface area contributed by atoms with E-state index in [-0.39, 0.29) is 6.10 Å². The van der Waals surface area contributed by atoms with Crippen LogP contribution in [0.3, 0.4) is 0 Å². The Labute approximate surface area is 106 Å². The van der Waals surface area contributed by atoms with E-state index in [1.54, 1.807) is 11.3 Å². The number of hydrogen-bond donors (Lipinski definition) is 1. The van der Waals surface area contributed by atoms with E-state index in [9.17, 15) is 0 Å². The Morgan fingerprint density at radius 1 is 1.29 bits per heavy atom. The Morgan fingerprint density at radius 2 is 2.18 bits per heavy atom. The second kappa shape index (κ2) is 5.96. The van der Waals surface area contributed by atoms with Gasteiger partial charge in [-0.3, -0.25) is 0 Å². The van der Waals surface area contributed by atoms with Crippen molar-refractivity contribution in [2.45, 2.75) is 13.0 Å². The van der Waals surface area contributed by atoms with Crippen molar-refractivity contribution in [2.75, 3.05) is 13.2 Å². The molecule has 0 bridgehead atoms. The molecule has 0 saturated heterocycles. The van der Waals surface area contributed by atoms with E-state index < -0.39 is 0 Å². The summed E-state index contributed by atoms with van der Waals surface area (Å²) in [4.78, 5) is 1.23. The number of ether oxygens (including phenoxy) is 1. The Morgan fingerprint density at radius 3 is 2.82 bits per heavy atom. The van der Waals surface area contributed by atoms with Gasteiger partial charge in [0, 0.05) is 11.4 Å². The lowest BCUT2D eigenvalue weighted by atomic mass is 10.1. The van der Waals surface area contributed by atoms with Crippen LogP contribution in [0, 0.1) is 6.92 Å². The SMILES string of the molecule is Cc1cccc(C(OCCN)c2cccs2)c1. The predicted molar refractivity (Wildman–Crippen MR) is 72.3 cm³/mol. The van der Waals surface area contributed by atoms with Crippen molar-refractivity contribution in [2.24, 2.45) is 5.73 Å². The van der Waals surface area contributed by atoms with Gasteiger partial charge < -0.3 is 10.5 Å². The molecule has 0 saturated carbocycles. The van der Waals surface area contributed by atoms with Crippen molar-refractivity contribution in [1.29, 1.82) is 0 Å². The molecule has 0 spiro atoms. The first-order valence-electron chi connectivity index (χ1n) is 5.73. The standard InChI is InChI=1S/C14H17NOS/c1-11-4-2-5-12(10-11)14(16-8-7-15)13-6-3-9-17-13/h2-6,9-10,14H,7-8,15H2,1H3. The van der Waals surface area contributed by atoms with Crippen molar-refractivity contribution in [3.63, 3.8) is 0 Å². The Hall–Kier alpha value is -1.16. The lowest BCUT2D eigenvalue weighted by Crippen LogP contribution is -2.13. The van der Waals surface area contributed by atoms with Crippen molar-refractivity contribution >= 4 is 11.3 Å². The molecule has 0 amide bonds. The maximum Gasteiger partial charge on any atom is 0.117 e. The van der Waals surface area contributed by atoms with Gasteiger partial charge >= 0.3 is 0 Å². The first-order chi connectivity index (χ1) is 8.31. The van der Waals surface area contributed by atoms with Crippen LogP contribution in [-0.2, 0) is 4.74 Å². The zero-order valence-corrected chi connectivity index (χ0v) is 10.7. The molecule has 0 aliphatic heterocycles. The van der Waals surface area contributed by atoms with E-state index in [2.05, 4.69) is 48.7 Å². The highest BCUT2D eigenvalue weighted by Gasteiger charge is 2.15. The number of benzene rings is 1. The quantitative estimate of drug-likeness (QED) is 0.881. The first-order valence-corrected chi connectivity index (χ1v) is 6.61. The van der Waals surface area contributed by atoms with E-state index in [1.165, 1.54) is 16.0 Å². The van der Waals surface area contributed by atoms with Crippen LogP contribution in [0.4, 0.5) is 0 Å². The van der Waals surface area contributed by atoms with Crippen LogP contribution >= 0.6 is 11.3 Å². The van der Waals surface area contributed by atoms with Gasteiger partial charge in [-0.2, -0.15) is 0 Å². The van der Waals surface area contributed by atoms with E-state index >= 15 is 0 Å². The van der Waals surface area contributed by atoms with Crippen LogP contribution < -0.4 is 5.73 Å². The molecule has 0 aliphatic rings. The lowest BCUT2D eigenvalue weighted by Gasteiger charge is -2.17. The van der Waals surface area contributed by atoms with Crippen molar-refractivity contribution in [3.8, 4) is 0 Å². The minimum absolute atomic E-state index is 0.0125. The van der Waals surface area contributed by atoms with Crippen LogP contribution in [0.25, 0.3) is 0 Å². The van der Waals surface area contributed by atoms with Crippen molar-refractivity contribution < 1.29 is 4.74 Å². The summed E-state index contributed by atoms with van der Waals surface area (Å²) in [5.41, 5.74) is 7.96. The predicted octanol–water partition coefficient (Wildman–Crippen LogP) is 3.12. The van der Waals surface area contributed by atoms with Gasteiger partial charge in [0.05, 0.1) is 6.61 Å². The molecule has 0 fully saturated rings. The van der Waals surface area contributed by atoms with Gasteiger partial charge in [-0.1, -0.05) is 35.9 Å². The number of hydrogen-bond acceptors (Lipinski definition) is 3. The van der Waals surface area contributed by atoms with Crippen molar-refractivity contribution in [3.05, 3.63) is 57.8 Å². The van der Waals surface area contributed by atoms with E-state index in [1.807, 2.05) is 0 Å². The molecule has 2 rings (SSSR count). The lowest BCUT2D eigenvalue weighted by molar-refractivity contribution is 0.0888. The fourth-order valence-electron chi connectivity index (χ4n) is 1.80. The van der Waals surface area contributed by atoms with Crippen molar-refractivity contribution in [1.82, 2.24) is 0 Å². The number of aryl methyl sites for hydroxylation is 1. The minimum atomic E-state index is 0.0125. The fourth-order valence-corrected chi connectivity index (χ4v) is 2.60. The summed E-state index contributed by atoms with van der Waals surface area (Å²) < 4.78 is 5.86. The normalized spacial score (nSPS) is 12.6. The average Bonchev–Trinajstić information content (AvgIpc) is 2.83. The summed E-state index contributed by atoms with van der Waals surface area (Å²) in [6, 6.07) is 12.6. The zero-order valence-electron chi connectivity index (χ0n) is 9.93. The fraction of sp³-hybridized carbons (Fsp3) is 0.286. The molecule has 2 nitrogen and oxygen atoms in total. The first kappa shape index (κ1) is 12.3. The molecule has 1 aromatic carbocycles. The van der Waals surface area contributed by atoms with Gasteiger partial charge in [0.25, 0.3) is 0 Å². The Kier molecular flexibility index (Phi) is 4.31. The molecular weight excluding hydrogens is 230 g/mol. The molecule has 2 aromatic rings. The van der Waals surface area contributed by atoms with Crippen LogP contribution in [0.2, 0.25) is 0 Å². The third kappa shape index (κ3) is 3.16. The van der Waals surface area contributed by atoms with Gasteiger partial charge in [0.1, 0.15) is 6.10 Å². The minimum Gasteiger partial charge on any atom is -0.367 e. The highest BCUT2D eigenvalue weighted by Crippen LogP contribution is 2.29. The monoisotopic (exact) mass is 247 g/mol. The van der Waals surface area contributed by atoms with E-state index in [0.29, 0.717) is 13.2 Å². The second-order valence-electron chi connectivity index (χ2n) is 3.97. The molecule has 17 heavy (non-hydrogen) atoms. The summed E-state index contributed by atoms with van der Waals surface area (Å²) in [6.45, 7) is 3.22. The molecule has 1 aromatic heterocycles. The highest BCUT2D eigenvalue weighted by atomic mass is 32.1. The molecule has 0 radical (unpaired) electrons. The van der Waals surface area contributed by atoms with Gasteiger partial charge in [-0.25, -0.2) is 0 Å². The van der Waals surface area contributed by atoms with Crippen LogP contribution in [0.15, 0.2) is 41.8 Å². The molecule has 1 heterocycles. The van der Waals surface area contributed by atoms with Crippen LogP contribution in [-0.4, -0.2) is 13.2 Å². The van der Waals surface area contributed by atoms with Crippen LogP contribution in [0.5, 0.6) is 0 Å². The van der Waals surface area contributed by atoms with E-state index in [0.717, 1.165) is 0 Å². The van der Waals surface area contributed by atoms with Gasteiger partial charge in [-0.15, -0.1) is 11.3 Å². The van der Waals surface area contributed by atoms with Gasteiger partial charge in [0.15, 0.2) is 0 Å². The number of rotatable bonds is 5.